The number of aromatic nitrogens is 4. The van der Waals surface area contributed by atoms with E-state index in [0.717, 1.165) is 49.0 Å². The van der Waals surface area contributed by atoms with Crippen LogP contribution in [0, 0.1) is 6.92 Å². The van der Waals surface area contributed by atoms with Crippen LogP contribution in [-0.2, 0) is 13.0 Å². The van der Waals surface area contributed by atoms with Gasteiger partial charge in [-0.05, 0) is 49.9 Å². The third-order valence-electron chi connectivity index (χ3n) is 5.99. The Kier molecular flexibility index (Phi) is 7.52. The highest BCUT2D eigenvalue weighted by Gasteiger charge is 2.16. The van der Waals surface area contributed by atoms with Gasteiger partial charge in [0.15, 0.2) is 5.69 Å². The number of nitrogens with zero attached hydrogens (tertiary/aromatic N) is 4. The number of unbranched alkanes of at least 4 members (excludes halogenated alkanes) is 2. The number of nitrogens with one attached hydrogen (secondary N) is 1. The van der Waals surface area contributed by atoms with Gasteiger partial charge in [0.05, 0.1) is 16.8 Å². The van der Waals surface area contributed by atoms with Crippen molar-refractivity contribution in [1.82, 2.24) is 24.9 Å². The van der Waals surface area contributed by atoms with E-state index < -0.39 is 0 Å². The largest absolute Gasteiger partial charge is 0.351 e. The lowest BCUT2D eigenvalue weighted by Crippen LogP contribution is -2.31. The fourth-order valence-corrected chi connectivity index (χ4v) is 4.08. The Balaban J connectivity index is 1.42. The molecule has 34 heavy (non-hydrogen) atoms. The fraction of sp³-hybridized carbons (Fsp3) is 0.333. The first-order chi connectivity index (χ1) is 16.6. The molecule has 0 unspecified atom stereocenters. The number of aryl methyl sites for hydroxylation is 3. The summed E-state index contributed by atoms with van der Waals surface area (Å²) in [6, 6.07) is 17.2. The van der Waals surface area contributed by atoms with Crippen molar-refractivity contribution in [2.75, 3.05) is 6.54 Å². The average Bonchev–Trinajstić information content (AvgIpc) is 3.24. The number of hydrogen-bond donors (Lipinski definition) is 1. The maximum absolute atomic E-state index is 13.0. The van der Waals surface area contributed by atoms with Crippen molar-refractivity contribution >= 4 is 16.7 Å². The summed E-state index contributed by atoms with van der Waals surface area (Å²) in [5, 5.41) is 13.2. The number of carbonyl (C=O) groups excluding carboxylic acids is 1. The Morgan fingerprint density at radius 3 is 2.44 bits per heavy atom. The van der Waals surface area contributed by atoms with E-state index in [9.17, 15) is 9.59 Å². The van der Waals surface area contributed by atoms with E-state index >= 15 is 0 Å². The minimum Gasteiger partial charge on any atom is -0.351 e. The summed E-state index contributed by atoms with van der Waals surface area (Å²) in [4.78, 5) is 25.8. The molecule has 0 atom stereocenters. The Morgan fingerprint density at radius 2 is 1.68 bits per heavy atom. The molecule has 0 saturated heterocycles. The quantitative estimate of drug-likeness (QED) is 0.357. The number of hydrogen-bond acceptors (Lipinski definition) is 4. The summed E-state index contributed by atoms with van der Waals surface area (Å²) >= 11 is 0. The van der Waals surface area contributed by atoms with Crippen LogP contribution in [0.25, 0.3) is 16.5 Å². The second-order valence-electron chi connectivity index (χ2n) is 8.51. The number of rotatable bonds is 10. The Labute approximate surface area is 199 Å². The molecule has 1 N–H and O–H groups in total. The van der Waals surface area contributed by atoms with Crippen LogP contribution in [-0.4, -0.2) is 32.0 Å². The lowest BCUT2D eigenvalue weighted by atomic mass is 10.1. The molecule has 1 amide bonds. The SMILES string of the molecule is CCCCCn1nc(C(=O)NCCCc2cn(-c3ccccc3)nc2C)c2ccccc2c1=O. The maximum atomic E-state index is 13.0. The summed E-state index contributed by atoms with van der Waals surface area (Å²) in [7, 11) is 0. The van der Waals surface area contributed by atoms with Gasteiger partial charge in [-0.25, -0.2) is 9.36 Å². The number of carbonyl (C=O) groups is 1. The summed E-state index contributed by atoms with van der Waals surface area (Å²) in [6.07, 6.45) is 6.57. The zero-order chi connectivity index (χ0) is 23.9. The highest BCUT2D eigenvalue weighted by Crippen LogP contribution is 2.15. The lowest BCUT2D eigenvalue weighted by Gasteiger charge is -2.11. The molecule has 2 aromatic carbocycles. The molecule has 4 rings (SSSR count). The zero-order valence-electron chi connectivity index (χ0n) is 19.8. The minimum atomic E-state index is -0.253. The van der Waals surface area contributed by atoms with Crippen LogP contribution in [0.15, 0.2) is 65.6 Å². The van der Waals surface area contributed by atoms with Crippen molar-refractivity contribution < 1.29 is 4.79 Å². The van der Waals surface area contributed by atoms with Crippen LogP contribution in [0.4, 0.5) is 0 Å². The second-order valence-corrected chi connectivity index (χ2v) is 8.51. The first-order valence-electron chi connectivity index (χ1n) is 12.0. The van der Waals surface area contributed by atoms with Gasteiger partial charge in [0, 0.05) is 24.7 Å². The third-order valence-corrected chi connectivity index (χ3v) is 5.99. The Bertz CT molecular complexity index is 1320. The molecule has 0 spiro atoms. The molecule has 7 nitrogen and oxygen atoms in total. The Hall–Kier alpha value is -3.74. The summed E-state index contributed by atoms with van der Waals surface area (Å²) in [5.74, 6) is -0.253. The topological polar surface area (TPSA) is 81.8 Å². The van der Waals surface area contributed by atoms with Crippen molar-refractivity contribution in [2.45, 2.75) is 52.5 Å². The second kappa shape index (κ2) is 10.9. The lowest BCUT2D eigenvalue weighted by molar-refractivity contribution is 0.0947. The summed E-state index contributed by atoms with van der Waals surface area (Å²) < 4.78 is 3.33. The van der Waals surface area contributed by atoms with Crippen LogP contribution in [0.1, 0.15) is 54.4 Å². The maximum Gasteiger partial charge on any atom is 0.274 e. The third kappa shape index (κ3) is 5.25. The first kappa shape index (κ1) is 23.4. The molecule has 2 aromatic heterocycles. The van der Waals surface area contributed by atoms with Crippen LogP contribution < -0.4 is 10.9 Å². The van der Waals surface area contributed by atoms with Gasteiger partial charge in [-0.1, -0.05) is 56.2 Å². The predicted molar refractivity (Wildman–Crippen MR) is 134 cm³/mol. The van der Waals surface area contributed by atoms with E-state index in [1.165, 1.54) is 4.68 Å². The molecular weight excluding hydrogens is 426 g/mol. The highest BCUT2D eigenvalue weighted by atomic mass is 16.2. The molecular formula is C27H31N5O2. The molecule has 0 bridgehead atoms. The van der Waals surface area contributed by atoms with Gasteiger partial charge in [0.25, 0.3) is 11.5 Å². The number of para-hydroxylation sites is 1. The van der Waals surface area contributed by atoms with E-state index in [4.69, 9.17) is 0 Å². The predicted octanol–water partition coefficient (Wildman–Crippen LogP) is 4.44. The fourth-order valence-electron chi connectivity index (χ4n) is 4.08. The van der Waals surface area contributed by atoms with Gasteiger partial charge in [0.1, 0.15) is 0 Å². The van der Waals surface area contributed by atoms with Gasteiger partial charge in [0.2, 0.25) is 0 Å². The monoisotopic (exact) mass is 457 g/mol. The smallest absolute Gasteiger partial charge is 0.274 e. The molecule has 176 valence electrons. The van der Waals surface area contributed by atoms with Crippen molar-refractivity contribution in [3.8, 4) is 5.69 Å². The highest BCUT2D eigenvalue weighted by molar-refractivity contribution is 6.04. The van der Waals surface area contributed by atoms with Gasteiger partial charge in [-0.2, -0.15) is 10.2 Å². The average molecular weight is 458 g/mol. The molecule has 0 saturated carbocycles. The number of amides is 1. The molecule has 0 aliphatic rings. The van der Waals surface area contributed by atoms with Crippen LogP contribution in [0.3, 0.4) is 0 Å². The summed E-state index contributed by atoms with van der Waals surface area (Å²) in [6.45, 7) is 5.15. The molecule has 0 aliphatic heterocycles. The van der Waals surface area contributed by atoms with E-state index in [1.54, 1.807) is 12.1 Å². The van der Waals surface area contributed by atoms with E-state index in [-0.39, 0.29) is 11.5 Å². The van der Waals surface area contributed by atoms with Crippen molar-refractivity contribution in [1.29, 1.82) is 0 Å². The van der Waals surface area contributed by atoms with Crippen LogP contribution in [0.2, 0.25) is 0 Å². The van der Waals surface area contributed by atoms with Gasteiger partial charge in [-0.15, -0.1) is 0 Å². The van der Waals surface area contributed by atoms with Crippen molar-refractivity contribution in [3.05, 3.63) is 88.1 Å². The molecule has 7 heteroatoms. The number of benzene rings is 2. The summed E-state index contributed by atoms with van der Waals surface area (Å²) in [5.41, 5.74) is 3.33. The molecule has 4 aromatic rings. The van der Waals surface area contributed by atoms with Gasteiger partial charge >= 0.3 is 0 Å². The molecule has 2 heterocycles. The molecule has 0 aliphatic carbocycles. The van der Waals surface area contributed by atoms with E-state index in [2.05, 4.69) is 22.4 Å². The molecule has 0 radical (unpaired) electrons. The normalized spacial score (nSPS) is 11.1. The molecule has 0 fully saturated rings. The van der Waals surface area contributed by atoms with E-state index in [1.807, 2.05) is 60.3 Å². The van der Waals surface area contributed by atoms with Crippen molar-refractivity contribution in [3.63, 3.8) is 0 Å². The zero-order valence-corrected chi connectivity index (χ0v) is 19.8. The van der Waals surface area contributed by atoms with Crippen molar-refractivity contribution in [2.24, 2.45) is 0 Å². The van der Waals surface area contributed by atoms with E-state index in [0.29, 0.717) is 29.6 Å². The minimum absolute atomic E-state index is 0.144. The van der Waals surface area contributed by atoms with Crippen LogP contribution in [0.5, 0.6) is 0 Å². The number of fused-ring (bicyclic) bond motifs is 1. The Morgan fingerprint density at radius 1 is 0.941 bits per heavy atom. The first-order valence-corrected chi connectivity index (χ1v) is 12.0. The van der Waals surface area contributed by atoms with Crippen LogP contribution >= 0.6 is 0 Å². The van der Waals surface area contributed by atoms with Gasteiger partial charge in [-0.3, -0.25) is 9.59 Å². The van der Waals surface area contributed by atoms with Gasteiger partial charge < -0.3 is 5.32 Å². The standard InChI is InChI=1S/C27H31N5O2/c1-3-4-10-18-31-27(34)24-16-9-8-15-23(24)25(30-31)26(33)28-17-11-12-21-19-32(29-20(21)2)22-13-6-5-7-14-22/h5-9,13-16,19H,3-4,10-12,17-18H2,1-2H3,(H,28,33).